The van der Waals surface area contributed by atoms with Gasteiger partial charge in [0.25, 0.3) is 0 Å². The summed E-state index contributed by atoms with van der Waals surface area (Å²) in [6, 6.07) is 19.2. The fourth-order valence-corrected chi connectivity index (χ4v) is 5.97. The molecule has 208 valence electrons. The number of nitrogens with one attached hydrogen (secondary N) is 4. The van der Waals surface area contributed by atoms with Gasteiger partial charge in [-0.2, -0.15) is 0 Å². The van der Waals surface area contributed by atoms with Crippen LogP contribution in [-0.2, 0) is 16.6 Å². The number of aromatic amines is 2. The van der Waals surface area contributed by atoms with Gasteiger partial charge in [-0.1, -0.05) is 30.3 Å². The Labute approximate surface area is 240 Å². The predicted octanol–water partition coefficient (Wildman–Crippen LogP) is 4.35. The van der Waals surface area contributed by atoms with Gasteiger partial charge >= 0.3 is 5.97 Å². The van der Waals surface area contributed by atoms with Crippen molar-refractivity contribution >= 4 is 51.8 Å². The van der Waals surface area contributed by atoms with Gasteiger partial charge in [0.15, 0.2) is 16.3 Å². The first-order chi connectivity index (χ1) is 19.1. The van der Waals surface area contributed by atoms with Gasteiger partial charge in [0, 0.05) is 24.8 Å². The minimum absolute atomic E-state index is 0.0882. The molecule has 1 aromatic heterocycles. The maximum Gasteiger partial charge on any atom is 0.337 e. The lowest BCUT2D eigenvalue weighted by Gasteiger charge is -2.37. The number of fused-ring (bicyclic) bond motifs is 1. The van der Waals surface area contributed by atoms with Crippen LogP contribution < -0.4 is 19.7 Å². The normalized spacial score (nSPS) is 14.9. The van der Waals surface area contributed by atoms with E-state index in [2.05, 4.69) is 20.2 Å². The average molecular weight is 599 g/mol. The van der Waals surface area contributed by atoms with Gasteiger partial charge in [-0.3, -0.25) is 14.8 Å². The Hall–Kier alpha value is -3.98. The van der Waals surface area contributed by atoms with E-state index in [0.717, 1.165) is 28.8 Å². The number of carboxylic acid groups (broad SMARTS) is 1. The molecule has 0 bridgehead atoms. The summed E-state index contributed by atoms with van der Waals surface area (Å²) in [6.07, 6.45) is 1.11. The molecular weight excluding hydrogens is 573 g/mol. The molecule has 0 saturated heterocycles. The summed E-state index contributed by atoms with van der Waals surface area (Å²) < 4.78 is 35.3. The van der Waals surface area contributed by atoms with Crippen LogP contribution in [-0.4, -0.2) is 53.8 Å². The molecule has 2 heterocycles. The number of ether oxygens (including phenoxy) is 1. The standard InChI is InChI=1S/C26H26N6O5S3/c1-40(35,36)30-22-14-31(13-16-5-2-3-8-20(16)22)23-12-19(9-10-21(23)24(33)34)37-15-27-17-6-4-7-18(11-17)32-25(38)28-29-26(32)39/h2-12,22,27,30H,13-15H2,1H3,(H,28,38)(H,29,39)(H,33,34). The van der Waals surface area contributed by atoms with Gasteiger partial charge in [-0.05, 0) is 65.9 Å². The van der Waals surface area contributed by atoms with Crippen molar-refractivity contribution in [1.29, 1.82) is 0 Å². The molecular formula is C26H26N6O5S3. The van der Waals surface area contributed by atoms with E-state index in [0.29, 0.717) is 27.5 Å². The highest BCUT2D eigenvalue weighted by molar-refractivity contribution is 7.88. The molecule has 1 aliphatic rings. The third kappa shape index (κ3) is 6.09. The van der Waals surface area contributed by atoms with Crippen LogP contribution in [0.4, 0.5) is 11.4 Å². The van der Waals surface area contributed by atoms with E-state index in [1.165, 1.54) is 6.07 Å². The maximum atomic E-state index is 12.1. The first-order valence-electron chi connectivity index (χ1n) is 12.1. The van der Waals surface area contributed by atoms with Crippen molar-refractivity contribution in [3.8, 4) is 11.4 Å². The lowest BCUT2D eigenvalue weighted by atomic mass is 9.95. The molecule has 0 fully saturated rings. The highest BCUT2D eigenvalue weighted by Crippen LogP contribution is 2.34. The van der Waals surface area contributed by atoms with Crippen LogP contribution in [0.1, 0.15) is 27.5 Å². The maximum absolute atomic E-state index is 12.1. The summed E-state index contributed by atoms with van der Waals surface area (Å²) in [5.41, 5.74) is 3.82. The average Bonchev–Trinajstić information content (AvgIpc) is 3.25. The second kappa shape index (κ2) is 11.3. The molecule has 0 saturated carbocycles. The Morgan fingerprint density at radius 1 is 1.07 bits per heavy atom. The number of hydrogen-bond acceptors (Lipinski definition) is 8. The molecule has 1 unspecified atom stereocenters. The fourth-order valence-electron chi connectivity index (χ4n) is 4.70. The van der Waals surface area contributed by atoms with Crippen molar-refractivity contribution in [3.05, 3.63) is 93.0 Å². The van der Waals surface area contributed by atoms with Gasteiger partial charge < -0.3 is 20.1 Å². The monoisotopic (exact) mass is 598 g/mol. The summed E-state index contributed by atoms with van der Waals surface area (Å²) in [6.45, 7) is 0.765. The zero-order valence-corrected chi connectivity index (χ0v) is 23.7. The Kier molecular flexibility index (Phi) is 7.76. The van der Waals surface area contributed by atoms with Crippen LogP contribution >= 0.6 is 24.4 Å². The molecule has 14 heteroatoms. The van der Waals surface area contributed by atoms with Crippen LogP contribution in [0.15, 0.2) is 66.7 Å². The Morgan fingerprint density at radius 3 is 2.55 bits per heavy atom. The van der Waals surface area contributed by atoms with E-state index in [9.17, 15) is 18.3 Å². The van der Waals surface area contributed by atoms with Crippen molar-refractivity contribution in [2.24, 2.45) is 0 Å². The van der Waals surface area contributed by atoms with E-state index in [1.807, 2.05) is 53.4 Å². The topological polar surface area (TPSA) is 144 Å². The molecule has 40 heavy (non-hydrogen) atoms. The van der Waals surface area contributed by atoms with Crippen LogP contribution in [0.5, 0.6) is 5.75 Å². The molecule has 4 aromatic rings. The number of hydrogen-bond donors (Lipinski definition) is 5. The number of sulfonamides is 1. The summed E-state index contributed by atoms with van der Waals surface area (Å²) >= 11 is 10.6. The zero-order valence-electron chi connectivity index (χ0n) is 21.2. The Morgan fingerprint density at radius 2 is 1.82 bits per heavy atom. The zero-order chi connectivity index (χ0) is 28.4. The predicted molar refractivity (Wildman–Crippen MR) is 157 cm³/mol. The minimum Gasteiger partial charge on any atom is -0.478 e. The highest BCUT2D eigenvalue weighted by atomic mass is 32.2. The Bertz CT molecular complexity index is 1770. The van der Waals surface area contributed by atoms with Crippen LogP contribution in [0.25, 0.3) is 5.69 Å². The number of anilines is 2. The molecule has 0 aliphatic carbocycles. The molecule has 1 aliphatic heterocycles. The van der Waals surface area contributed by atoms with Crippen molar-refractivity contribution in [2.45, 2.75) is 12.6 Å². The summed E-state index contributed by atoms with van der Waals surface area (Å²) in [4.78, 5) is 13.9. The molecule has 0 amide bonds. The molecule has 0 spiro atoms. The fraction of sp³-hybridized carbons (Fsp3) is 0.192. The van der Waals surface area contributed by atoms with Gasteiger partial charge in [0.2, 0.25) is 10.0 Å². The van der Waals surface area contributed by atoms with Crippen molar-refractivity contribution in [1.82, 2.24) is 19.5 Å². The third-order valence-corrected chi connectivity index (χ3v) is 7.68. The number of nitrogens with zero attached hydrogens (tertiary/aromatic N) is 2. The molecule has 1 atom stereocenters. The number of aromatic carboxylic acids is 1. The van der Waals surface area contributed by atoms with Crippen LogP contribution in [0.2, 0.25) is 0 Å². The van der Waals surface area contributed by atoms with E-state index in [-0.39, 0.29) is 18.8 Å². The SMILES string of the molecule is CS(=O)(=O)NC1CN(c2cc(OCNc3cccc(-n4c(=S)[nH][nH]c4=S)c3)ccc2C(=O)O)Cc2ccccc21. The number of carboxylic acids is 1. The minimum atomic E-state index is -3.51. The molecule has 3 aromatic carbocycles. The first kappa shape index (κ1) is 27.6. The molecule has 11 nitrogen and oxygen atoms in total. The summed E-state index contributed by atoms with van der Waals surface area (Å²) in [5.74, 6) is -0.643. The van der Waals surface area contributed by atoms with E-state index >= 15 is 0 Å². The first-order valence-corrected chi connectivity index (χ1v) is 14.8. The smallest absolute Gasteiger partial charge is 0.337 e. The Balaban J connectivity index is 1.36. The van der Waals surface area contributed by atoms with E-state index in [1.54, 1.807) is 16.7 Å². The van der Waals surface area contributed by atoms with E-state index in [4.69, 9.17) is 29.2 Å². The van der Waals surface area contributed by atoms with Crippen LogP contribution in [0.3, 0.4) is 0 Å². The molecule has 5 rings (SSSR count). The largest absolute Gasteiger partial charge is 0.478 e. The highest BCUT2D eigenvalue weighted by Gasteiger charge is 2.29. The molecule has 0 radical (unpaired) electrons. The lowest BCUT2D eigenvalue weighted by Crippen LogP contribution is -2.42. The number of H-pyrrole nitrogens is 2. The second-order valence-corrected chi connectivity index (χ2v) is 11.8. The van der Waals surface area contributed by atoms with Gasteiger partial charge in [0.05, 0.1) is 29.2 Å². The quantitative estimate of drug-likeness (QED) is 0.140. The summed E-state index contributed by atoms with van der Waals surface area (Å²) in [7, 11) is -3.51. The number of benzene rings is 3. The summed E-state index contributed by atoms with van der Waals surface area (Å²) in [5, 5.41) is 18.7. The van der Waals surface area contributed by atoms with Crippen LogP contribution in [0, 0.1) is 9.54 Å². The number of aromatic nitrogens is 3. The van der Waals surface area contributed by atoms with Crippen molar-refractivity contribution < 1.29 is 23.1 Å². The van der Waals surface area contributed by atoms with Gasteiger partial charge in [-0.15, -0.1) is 0 Å². The van der Waals surface area contributed by atoms with Gasteiger partial charge in [-0.25, -0.2) is 17.9 Å². The van der Waals surface area contributed by atoms with E-state index < -0.39 is 22.0 Å². The van der Waals surface area contributed by atoms with Crippen molar-refractivity contribution in [3.63, 3.8) is 0 Å². The van der Waals surface area contributed by atoms with Gasteiger partial charge in [0.1, 0.15) is 5.75 Å². The third-order valence-electron chi connectivity index (χ3n) is 6.39. The second-order valence-electron chi connectivity index (χ2n) is 9.22. The lowest BCUT2D eigenvalue weighted by molar-refractivity contribution is 0.0697. The van der Waals surface area contributed by atoms with Crippen molar-refractivity contribution in [2.75, 3.05) is 29.7 Å². The number of rotatable bonds is 9. The number of carbonyl (C=O) groups is 1. The molecule has 5 N–H and O–H groups in total.